The number of likely N-dealkylation sites (N-methyl/N-ethyl adjacent to an activating group) is 1. The third-order valence-electron chi connectivity index (χ3n) is 4.25. The lowest BCUT2D eigenvalue weighted by atomic mass is 10.0. The fraction of sp³-hybridized carbons (Fsp3) is 0.692. The van der Waals surface area contributed by atoms with Crippen molar-refractivity contribution < 1.29 is 4.79 Å². The molecule has 5 heteroatoms. The predicted molar refractivity (Wildman–Crippen MR) is 67.9 cm³/mol. The second-order valence-electron chi connectivity index (χ2n) is 5.35. The maximum Gasteiger partial charge on any atom is 0.240 e. The van der Waals surface area contributed by atoms with Crippen LogP contribution in [0, 0.1) is 0 Å². The van der Waals surface area contributed by atoms with E-state index in [4.69, 9.17) is 0 Å². The number of nitrogens with zero attached hydrogens (tertiary/aromatic N) is 2. The number of fused-ring (bicyclic) bond motifs is 1. The summed E-state index contributed by atoms with van der Waals surface area (Å²) in [6.07, 6.45) is 7.23. The molecule has 1 aromatic heterocycles. The Morgan fingerprint density at radius 2 is 2.22 bits per heavy atom. The Morgan fingerprint density at radius 1 is 1.44 bits per heavy atom. The van der Waals surface area contributed by atoms with Gasteiger partial charge in [0.25, 0.3) is 0 Å². The summed E-state index contributed by atoms with van der Waals surface area (Å²) in [7, 11) is 1.94. The quantitative estimate of drug-likeness (QED) is 0.815. The van der Waals surface area contributed by atoms with Crippen LogP contribution >= 0.6 is 0 Å². The van der Waals surface area contributed by atoms with Crippen molar-refractivity contribution in [3.8, 4) is 0 Å². The van der Waals surface area contributed by atoms with Gasteiger partial charge in [-0.2, -0.15) is 0 Å². The lowest BCUT2D eigenvalue weighted by Crippen LogP contribution is -2.50. The van der Waals surface area contributed by atoms with Gasteiger partial charge in [-0.05, 0) is 12.8 Å². The lowest BCUT2D eigenvalue weighted by molar-refractivity contribution is -0.134. The zero-order chi connectivity index (χ0) is 12.5. The van der Waals surface area contributed by atoms with Crippen LogP contribution in [0.25, 0.3) is 0 Å². The molecule has 0 radical (unpaired) electrons. The summed E-state index contributed by atoms with van der Waals surface area (Å²) in [5.74, 6) is 0.218. The molecule has 1 amide bonds. The SMILES string of the molecule is CN(C(=O)C1Cc2nc[nH]c2CN1)C1CCCC1. The molecule has 1 aromatic rings. The minimum atomic E-state index is -0.105. The number of hydrogen-bond acceptors (Lipinski definition) is 3. The van der Waals surface area contributed by atoms with E-state index in [0.717, 1.165) is 24.2 Å². The van der Waals surface area contributed by atoms with Crippen LogP contribution < -0.4 is 5.32 Å². The van der Waals surface area contributed by atoms with Gasteiger partial charge in [0.1, 0.15) is 0 Å². The highest BCUT2D eigenvalue weighted by Gasteiger charge is 2.31. The van der Waals surface area contributed by atoms with Crippen LogP contribution in [0.1, 0.15) is 37.1 Å². The fourth-order valence-electron chi connectivity index (χ4n) is 3.06. The number of H-pyrrole nitrogens is 1. The van der Waals surface area contributed by atoms with Gasteiger partial charge in [-0.25, -0.2) is 4.98 Å². The molecule has 2 heterocycles. The molecule has 3 rings (SSSR count). The van der Waals surface area contributed by atoms with E-state index < -0.39 is 0 Å². The summed E-state index contributed by atoms with van der Waals surface area (Å²) < 4.78 is 0. The molecule has 1 fully saturated rings. The Balaban J connectivity index is 1.66. The van der Waals surface area contributed by atoms with Crippen molar-refractivity contribution in [2.75, 3.05) is 7.05 Å². The Kier molecular flexibility index (Phi) is 3.07. The molecule has 1 saturated carbocycles. The average molecular weight is 248 g/mol. The van der Waals surface area contributed by atoms with Crippen LogP contribution in [0.15, 0.2) is 6.33 Å². The molecule has 98 valence electrons. The minimum absolute atomic E-state index is 0.105. The highest BCUT2D eigenvalue weighted by molar-refractivity contribution is 5.82. The van der Waals surface area contributed by atoms with Crippen LogP contribution in [0.4, 0.5) is 0 Å². The number of carbonyl (C=O) groups is 1. The number of aromatic amines is 1. The smallest absolute Gasteiger partial charge is 0.240 e. The van der Waals surface area contributed by atoms with Crippen molar-refractivity contribution in [1.29, 1.82) is 0 Å². The summed E-state index contributed by atoms with van der Waals surface area (Å²) in [5.41, 5.74) is 2.15. The third-order valence-corrected chi connectivity index (χ3v) is 4.25. The zero-order valence-corrected chi connectivity index (χ0v) is 10.8. The van der Waals surface area contributed by atoms with Crippen LogP contribution in [-0.4, -0.2) is 39.9 Å². The summed E-state index contributed by atoms with van der Waals surface area (Å²) in [6.45, 7) is 0.713. The maximum absolute atomic E-state index is 12.4. The Bertz CT molecular complexity index is 436. The summed E-state index contributed by atoms with van der Waals surface area (Å²) in [5, 5.41) is 3.30. The van der Waals surface area contributed by atoms with Gasteiger partial charge < -0.3 is 9.88 Å². The number of rotatable bonds is 2. The first kappa shape index (κ1) is 11.7. The largest absolute Gasteiger partial charge is 0.347 e. The first-order valence-corrected chi connectivity index (χ1v) is 6.77. The molecule has 0 saturated heterocycles. The van der Waals surface area contributed by atoms with Gasteiger partial charge in [0.05, 0.1) is 23.8 Å². The average Bonchev–Trinajstić information content (AvgIpc) is 3.06. The van der Waals surface area contributed by atoms with Gasteiger partial charge >= 0.3 is 0 Å². The maximum atomic E-state index is 12.4. The molecular weight excluding hydrogens is 228 g/mol. The van der Waals surface area contributed by atoms with Crippen LogP contribution in [0.5, 0.6) is 0 Å². The molecule has 5 nitrogen and oxygen atoms in total. The predicted octanol–water partition coefficient (Wildman–Crippen LogP) is 0.825. The van der Waals surface area contributed by atoms with E-state index in [1.54, 1.807) is 6.33 Å². The number of amides is 1. The molecule has 1 atom stereocenters. The number of aromatic nitrogens is 2. The third kappa shape index (κ3) is 2.03. The molecule has 2 N–H and O–H groups in total. The van der Waals surface area contributed by atoms with E-state index in [1.165, 1.54) is 12.8 Å². The lowest BCUT2D eigenvalue weighted by Gasteiger charge is -2.30. The Hall–Kier alpha value is -1.36. The molecule has 1 aliphatic heterocycles. The van der Waals surface area contributed by atoms with E-state index in [9.17, 15) is 4.79 Å². The number of carbonyl (C=O) groups excluding carboxylic acids is 1. The van der Waals surface area contributed by atoms with Gasteiger partial charge in [0.2, 0.25) is 5.91 Å². The number of nitrogens with one attached hydrogen (secondary N) is 2. The highest BCUT2D eigenvalue weighted by atomic mass is 16.2. The standard InChI is InChI=1S/C13H20N4O/c1-17(9-4-2-3-5-9)13(18)11-6-10-12(7-14-11)16-8-15-10/h8-9,11,14H,2-7H2,1H3,(H,15,16). The summed E-state index contributed by atoms with van der Waals surface area (Å²) in [6, 6.07) is 0.339. The first-order chi connectivity index (χ1) is 8.75. The van der Waals surface area contributed by atoms with Crippen molar-refractivity contribution >= 4 is 5.91 Å². The monoisotopic (exact) mass is 248 g/mol. The second-order valence-corrected chi connectivity index (χ2v) is 5.35. The van der Waals surface area contributed by atoms with Crippen molar-refractivity contribution in [3.05, 3.63) is 17.7 Å². The van der Waals surface area contributed by atoms with Crippen molar-refractivity contribution in [2.24, 2.45) is 0 Å². The van der Waals surface area contributed by atoms with E-state index >= 15 is 0 Å². The molecule has 2 aliphatic rings. The van der Waals surface area contributed by atoms with Gasteiger partial charge in [-0.3, -0.25) is 10.1 Å². The molecule has 0 aromatic carbocycles. The molecule has 0 bridgehead atoms. The van der Waals surface area contributed by atoms with E-state index in [0.29, 0.717) is 19.0 Å². The zero-order valence-electron chi connectivity index (χ0n) is 10.8. The normalized spacial score (nSPS) is 23.9. The fourth-order valence-corrected chi connectivity index (χ4v) is 3.06. The van der Waals surface area contributed by atoms with Gasteiger partial charge in [-0.1, -0.05) is 12.8 Å². The van der Waals surface area contributed by atoms with Crippen LogP contribution in [0.3, 0.4) is 0 Å². The van der Waals surface area contributed by atoms with E-state index in [2.05, 4.69) is 15.3 Å². The topological polar surface area (TPSA) is 61.0 Å². The molecule has 1 unspecified atom stereocenters. The molecule has 1 aliphatic carbocycles. The Labute approximate surface area is 107 Å². The minimum Gasteiger partial charge on any atom is -0.347 e. The number of hydrogen-bond donors (Lipinski definition) is 2. The van der Waals surface area contributed by atoms with Crippen LogP contribution in [-0.2, 0) is 17.8 Å². The van der Waals surface area contributed by atoms with E-state index in [1.807, 2.05) is 11.9 Å². The van der Waals surface area contributed by atoms with Gasteiger partial charge in [0.15, 0.2) is 0 Å². The van der Waals surface area contributed by atoms with Gasteiger partial charge in [-0.15, -0.1) is 0 Å². The molecule has 0 spiro atoms. The van der Waals surface area contributed by atoms with Crippen molar-refractivity contribution in [3.63, 3.8) is 0 Å². The van der Waals surface area contributed by atoms with E-state index in [-0.39, 0.29) is 11.9 Å². The first-order valence-electron chi connectivity index (χ1n) is 6.77. The van der Waals surface area contributed by atoms with Crippen LogP contribution in [0.2, 0.25) is 0 Å². The highest BCUT2D eigenvalue weighted by Crippen LogP contribution is 2.23. The number of imidazole rings is 1. The van der Waals surface area contributed by atoms with Crippen molar-refractivity contribution in [1.82, 2.24) is 20.2 Å². The van der Waals surface area contributed by atoms with Gasteiger partial charge in [0, 0.05) is 26.1 Å². The molecular formula is C13H20N4O. The van der Waals surface area contributed by atoms with Crippen molar-refractivity contribution in [2.45, 2.75) is 50.7 Å². The summed E-state index contributed by atoms with van der Waals surface area (Å²) in [4.78, 5) is 21.8. The second kappa shape index (κ2) is 4.72. The molecule has 18 heavy (non-hydrogen) atoms. The Morgan fingerprint density at radius 3 is 3.00 bits per heavy atom. The summed E-state index contributed by atoms with van der Waals surface area (Å²) >= 11 is 0.